The summed E-state index contributed by atoms with van der Waals surface area (Å²) in [5, 5.41) is 3.88. The van der Waals surface area contributed by atoms with Gasteiger partial charge in [-0.05, 0) is 12.8 Å². The van der Waals surface area contributed by atoms with Gasteiger partial charge in [-0.25, -0.2) is 0 Å². The molecule has 1 aromatic heterocycles. The molecule has 2 rings (SSSR count). The van der Waals surface area contributed by atoms with Crippen LogP contribution in [0.25, 0.3) is 0 Å². The molecule has 66 valence electrons. The zero-order valence-electron chi connectivity index (χ0n) is 7.16. The molecule has 1 aliphatic carbocycles. The van der Waals surface area contributed by atoms with Crippen molar-refractivity contribution in [1.29, 1.82) is 0 Å². The molecule has 1 saturated carbocycles. The molecule has 2 N–H and O–H groups in total. The van der Waals surface area contributed by atoms with Gasteiger partial charge in [0, 0.05) is 18.9 Å². The van der Waals surface area contributed by atoms with Crippen LogP contribution in [-0.2, 0) is 0 Å². The molecule has 0 aliphatic heterocycles. The first-order chi connectivity index (χ1) is 5.77. The van der Waals surface area contributed by atoms with Gasteiger partial charge in [-0.15, -0.1) is 0 Å². The molecule has 2 atom stereocenters. The molecule has 0 amide bonds. The molecular weight excluding hydrogens is 154 g/mol. The summed E-state index contributed by atoms with van der Waals surface area (Å²) < 4.78 is 4.91. The van der Waals surface area contributed by atoms with Crippen molar-refractivity contribution in [2.24, 2.45) is 5.73 Å². The molecule has 0 spiro atoms. The minimum atomic E-state index is 0.224. The first kappa shape index (κ1) is 7.73. The summed E-state index contributed by atoms with van der Waals surface area (Å²) >= 11 is 0. The summed E-state index contributed by atoms with van der Waals surface area (Å²) in [5.74, 6) is 1.74. The molecule has 12 heavy (non-hydrogen) atoms. The zero-order valence-corrected chi connectivity index (χ0v) is 7.16. The van der Waals surface area contributed by atoms with Crippen LogP contribution < -0.4 is 5.73 Å². The first-order valence-electron chi connectivity index (χ1n) is 4.33. The van der Waals surface area contributed by atoms with Crippen LogP contribution in [0.15, 0.2) is 4.52 Å². The molecule has 0 radical (unpaired) electrons. The summed E-state index contributed by atoms with van der Waals surface area (Å²) in [6.07, 6.45) is 3.36. The topological polar surface area (TPSA) is 64.9 Å². The van der Waals surface area contributed by atoms with E-state index in [1.807, 2.05) is 0 Å². The predicted octanol–water partition coefficient (Wildman–Crippen LogP) is 0.973. The molecule has 1 heterocycles. The van der Waals surface area contributed by atoms with Gasteiger partial charge < -0.3 is 10.3 Å². The van der Waals surface area contributed by atoms with Crippen LogP contribution in [0.4, 0.5) is 0 Å². The molecule has 4 nitrogen and oxygen atoms in total. The van der Waals surface area contributed by atoms with E-state index in [0.717, 1.165) is 18.7 Å². The van der Waals surface area contributed by atoms with Crippen LogP contribution in [0.1, 0.15) is 36.9 Å². The Morgan fingerprint density at radius 3 is 2.83 bits per heavy atom. The van der Waals surface area contributed by atoms with Crippen molar-refractivity contribution in [3.05, 3.63) is 11.7 Å². The monoisotopic (exact) mass is 167 g/mol. The van der Waals surface area contributed by atoms with E-state index in [1.54, 1.807) is 6.92 Å². The lowest BCUT2D eigenvalue weighted by molar-refractivity contribution is 0.381. The SMILES string of the molecule is Cc1nc([C@@H]2CCC[C@H]2N)no1. The predicted molar refractivity (Wildman–Crippen MR) is 43.6 cm³/mol. The highest BCUT2D eigenvalue weighted by Gasteiger charge is 2.28. The number of nitrogens with zero attached hydrogens (tertiary/aromatic N) is 2. The number of aryl methyl sites for hydroxylation is 1. The van der Waals surface area contributed by atoms with Crippen LogP contribution in [0, 0.1) is 6.92 Å². The standard InChI is InChI=1S/C8H13N3O/c1-5-10-8(11-12-5)6-3-2-4-7(6)9/h6-7H,2-4,9H2,1H3/t6-,7-/m1/s1. The smallest absolute Gasteiger partial charge is 0.223 e. The van der Waals surface area contributed by atoms with Crippen molar-refractivity contribution in [2.45, 2.75) is 38.1 Å². The normalized spacial score (nSPS) is 29.5. The minimum absolute atomic E-state index is 0.224. The van der Waals surface area contributed by atoms with Crippen LogP contribution in [0.2, 0.25) is 0 Å². The second-order valence-corrected chi connectivity index (χ2v) is 3.37. The first-order valence-corrected chi connectivity index (χ1v) is 4.33. The van der Waals surface area contributed by atoms with Crippen molar-refractivity contribution < 1.29 is 4.52 Å². The third-order valence-corrected chi connectivity index (χ3v) is 2.44. The van der Waals surface area contributed by atoms with E-state index < -0.39 is 0 Å². The Balaban J connectivity index is 2.19. The number of rotatable bonds is 1. The van der Waals surface area contributed by atoms with E-state index in [1.165, 1.54) is 6.42 Å². The maximum Gasteiger partial charge on any atom is 0.223 e. The van der Waals surface area contributed by atoms with Crippen LogP contribution in [-0.4, -0.2) is 16.2 Å². The average Bonchev–Trinajstić information content (AvgIpc) is 2.58. The van der Waals surface area contributed by atoms with Crippen LogP contribution in [0.3, 0.4) is 0 Å². The van der Waals surface area contributed by atoms with Crippen molar-refractivity contribution >= 4 is 0 Å². The number of hydrogen-bond acceptors (Lipinski definition) is 4. The largest absolute Gasteiger partial charge is 0.340 e. The third-order valence-electron chi connectivity index (χ3n) is 2.44. The number of nitrogens with two attached hydrogens (primary N) is 1. The van der Waals surface area contributed by atoms with Crippen molar-refractivity contribution in [2.75, 3.05) is 0 Å². The summed E-state index contributed by atoms with van der Waals surface area (Å²) in [6, 6.07) is 0.224. The van der Waals surface area contributed by atoms with E-state index in [0.29, 0.717) is 11.8 Å². The molecule has 1 aromatic rings. The van der Waals surface area contributed by atoms with Crippen LogP contribution >= 0.6 is 0 Å². The summed E-state index contributed by atoms with van der Waals surface area (Å²) in [7, 11) is 0. The van der Waals surface area contributed by atoms with Gasteiger partial charge in [0.25, 0.3) is 0 Å². The molecule has 1 fully saturated rings. The Morgan fingerprint density at radius 2 is 2.33 bits per heavy atom. The highest BCUT2D eigenvalue weighted by Crippen LogP contribution is 2.31. The number of aromatic nitrogens is 2. The Bertz CT molecular complexity index is 271. The Morgan fingerprint density at radius 1 is 1.50 bits per heavy atom. The summed E-state index contributed by atoms with van der Waals surface area (Å²) in [5.41, 5.74) is 5.90. The van der Waals surface area contributed by atoms with Crippen LogP contribution in [0.5, 0.6) is 0 Å². The minimum Gasteiger partial charge on any atom is -0.340 e. The lowest BCUT2D eigenvalue weighted by Crippen LogP contribution is -2.23. The summed E-state index contributed by atoms with van der Waals surface area (Å²) in [6.45, 7) is 1.80. The quantitative estimate of drug-likeness (QED) is 0.677. The van der Waals surface area contributed by atoms with Gasteiger partial charge in [-0.2, -0.15) is 4.98 Å². The number of hydrogen-bond donors (Lipinski definition) is 1. The Labute approximate surface area is 71.1 Å². The second kappa shape index (κ2) is 2.86. The summed E-state index contributed by atoms with van der Waals surface area (Å²) in [4.78, 5) is 4.19. The fourth-order valence-electron chi connectivity index (χ4n) is 1.77. The fraction of sp³-hybridized carbons (Fsp3) is 0.750. The molecule has 0 bridgehead atoms. The fourth-order valence-corrected chi connectivity index (χ4v) is 1.77. The van der Waals surface area contributed by atoms with Gasteiger partial charge in [0.15, 0.2) is 5.82 Å². The Hall–Kier alpha value is -0.900. The maximum absolute atomic E-state index is 5.90. The maximum atomic E-state index is 5.90. The van der Waals surface area contributed by atoms with E-state index in [9.17, 15) is 0 Å². The highest BCUT2D eigenvalue weighted by atomic mass is 16.5. The molecular formula is C8H13N3O. The molecule has 0 saturated heterocycles. The molecule has 0 aromatic carbocycles. The average molecular weight is 167 g/mol. The van der Waals surface area contributed by atoms with Gasteiger partial charge in [-0.3, -0.25) is 0 Å². The third kappa shape index (κ3) is 1.22. The van der Waals surface area contributed by atoms with Gasteiger partial charge in [0.05, 0.1) is 0 Å². The van der Waals surface area contributed by atoms with Gasteiger partial charge in [0.2, 0.25) is 5.89 Å². The van der Waals surface area contributed by atoms with E-state index in [4.69, 9.17) is 10.3 Å². The second-order valence-electron chi connectivity index (χ2n) is 3.37. The van der Waals surface area contributed by atoms with Gasteiger partial charge in [-0.1, -0.05) is 11.6 Å². The van der Waals surface area contributed by atoms with E-state index in [2.05, 4.69) is 10.1 Å². The van der Waals surface area contributed by atoms with E-state index in [-0.39, 0.29) is 6.04 Å². The lowest BCUT2D eigenvalue weighted by atomic mass is 10.0. The Kier molecular flexibility index (Phi) is 1.84. The lowest BCUT2D eigenvalue weighted by Gasteiger charge is -2.09. The van der Waals surface area contributed by atoms with Gasteiger partial charge >= 0.3 is 0 Å². The highest BCUT2D eigenvalue weighted by molar-refractivity contribution is 5.02. The van der Waals surface area contributed by atoms with Crippen molar-refractivity contribution in [3.8, 4) is 0 Å². The van der Waals surface area contributed by atoms with Crippen molar-refractivity contribution in [3.63, 3.8) is 0 Å². The van der Waals surface area contributed by atoms with E-state index >= 15 is 0 Å². The van der Waals surface area contributed by atoms with Gasteiger partial charge in [0.1, 0.15) is 0 Å². The molecule has 0 unspecified atom stereocenters. The zero-order chi connectivity index (χ0) is 8.55. The van der Waals surface area contributed by atoms with Crippen molar-refractivity contribution in [1.82, 2.24) is 10.1 Å². The molecule has 4 heteroatoms. The molecule has 1 aliphatic rings.